The van der Waals surface area contributed by atoms with Crippen LogP contribution in [0.25, 0.3) is 21.8 Å². The topological polar surface area (TPSA) is 35.6 Å². The molecule has 0 fully saturated rings. The molecule has 0 spiro atoms. The lowest BCUT2D eigenvalue weighted by Crippen LogP contribution is -2.16. The zero-order valence-corrected chi connectivity index (χ0v) is 15.1. The molecule has 0 bridgehead atoms. The van der Waals surface area contributed by atoms with Gasteiger partial charge in [0.1, 0.15) is 11.4 Å². The third-order valence-electron chi connectivity index (χ3n) is 4.26. The Labute approximate surface area is 155 Å². The molecule has 140 valence electrons. The standard InChI is InChI=1S/C17H15N4S.BF4/c1-22-10-16-12-6-2-4-8-14(12)18-20(16)21-17(11-22)13-7-3-5-9-15(13)19-21;2-1(3,4)5/h2-9H,10-11H2,1H3;/q+1;-1. The van der Waals surface area contributed by atoms with Gasteiger partial charge in [0.25, 0.3) is 0 Å². The van der Waals surface area contributed by atoms with Crippen LogP contribution in [0.4, 0.5) is 17.3 Å². The number of fused-ring (bicyclic) bond motifs is 7. The van der Waals surface area contributed by atoms with Crippen LogP contribution in [0.1, 0.15) is 11.4 Å². The Bertz CT molecular complexity index is 1030. The second-order valence-electron chi connectivity index (χ2n) is 6.27. The number of hydrogen-bond donors (Lipinski definition) is 0. The van der Waals surface area contributed by atoms with Crippen molar-refractivity contribution in [3.8, 4) is 0 Å². The molecule has 0 atom stereocenters. The third kappa shape index (κ3) is 3.53. The first-order chi connectivity index (χ1) is 12.8. The Hall–Kier alpha value is -2.49. The van der Waals surface area contributed by atoms with E-state index in [1.807, 2.05) is 21.7 Å². The van der Waals surface area contributed by atoms with Crippen LogP contribution in [-0.4, -0.2) is 33.3 Å². The maximum absolute atomic E-state index is 9.75. The van der Waals surface area contributed by atoms with Crippen LogP contribution < -0.4 is 0 Å². The number of nitrogens with zero attached hydrogens (tertiary/aromatic N) is 4. The molecule has 0 aliphatic carbocycles. The maximum Gasteiger partial charge on any atom is 0.673 e. The van der Waals surface area contributed by atoms with Crippen molar-refractivity contribution in [3.63, 3.8) is 0 Å². The molecule has 4 aromatic rings. The first-order valence-electron chi connectivity index (χ1n) is 8.21. The van der Waals surface area contributed by atoms with Crippen LogP contribution in [0.15, 0.2) is 48.5 Å². The summed E-state index contributed by atoms with van der Waals surface area (Å²) < 4.78 is 39.0. The van der Waals surface area contributed by atoms with Crippen molar-refractivity contribution in [1.82, 2.24) is 19.8 Å². The highest BCUT2D eigenvalue weighted by molar-refractivity contribution is 7.94. The first-order valence-corrected chi connectivity index (χ1v) is 10.2. The van der Waals surface area contributed by atoms with E-state index in [-0.39, 0.29) is 10.9 Å². The van der Waals surface area contributed by atoms with E-state index in [1.54, 1.807) is 0 Å². The minimum absolute atomic E-state index is 0.279. The summed E-state index contributed by atoms with van der Waals surface area (Å²) in [6.07, 6.45) is 2.34. The summed E-state index contributed by atoms with van der Waals surface area (Å²) in [6, 6.07) is 16.7. The average Bonchev–Trinajstić information content (AvgIpc) is 3.09. The van der Waals surface area contributed by atoms with Crippen molar-refractivity contribution in [3.05, 3.63) is 59.9 Å². The second kappa shape index (κ2) is 6.59. The first kappa shape index (κ1) is 17.9. The Morgan fingerprint density at radius 2 is 1.15 bits per heavy atom. The van der Waals surface area contributed by atoms with E-state index in [9.17, 15) is 17.3 Å². The van der Waals surface area contributed by atoms with E-state index in [0.29, 0.717) is 0 Å². The summed E-state index contributed by atoms with van der Waals surface area (Å²) in [5, 5.41) is 12.1. The van der Waals surface area contributed by atoms with E-state index in [2.05, 4.69) is 42.7 Å². The van der Waals surface area contributed by atoms with E-state index in [0.717, 1.165) is 22.5 Å². The summed E-state index contributed by atoms with van der Waals surface area (Å²) in [6.45, 7) is 0. The fourth-order valence-electron chi connectivity index (χ4n) is 3.25. The van der Waals surface area contributed by atoms with Crippen LogP contribution in [-0.2, 0) is 22.4 Å². The van der Waals surface area contributed by atoms with E-state index >= 15 is 0 Å². The number of rotatable bonds is 0. The third-order valence-corrected chi connectivity index (χ3v) is 5.80. The lowest BCUT2D eigenvalue weighted by atomic mass is 10.2. The quantitative estimate of drug-likeness (QED) is 0.254. The van der Waals surface area contributed by atoms with Crippen molar-refractivity contribution in [2.24, 2.45) is 0 Å². The summed E-state index contributed by atoms with van der Waals surface area (Å²) in [4.78, 5) is 4.02. The van der Waals surface area contributed by atoms with Gasteiger partial charge in [-0.1, -0.05) is 36.4 Å². The average molecular weight is 394 g/mol. The molecule has 5 rings (SSSR count). The summed E-state index contributed by atoms with van der Waals surface area (Å²) >= 11 is 0. The van der Waals surface area contributed by atoms with Crippen LogP contribution in [0.2, 0.25) is 0 Å². The summed E-state index contributed by atoms with van der Waals surface area (Å²) in [5.74, 6) is 2.11. The van der Waals surface area contributed by atoms with E-state index < -0.39 is 7.25 Å². The fourth-order valence-corrected chi connectivity index (χ4v) is 4.83. The molecule has 27 heavy (non-hydrogen) atoms. The zero-order chi connectivity index (χ0) is 19.2. The minimum atomic E-state index is -6.00. The van der Waals surface area contributed by atoms with Crippen molar-refractivity contribution >= 4 is 40.0 Å². The van der Waals surface area contributed by atoms with Crippen LogP contribution in [0.5, 0.6) is 0 Å². The predicted octanol–water partition coefficient (Wildman–Crippen LogP) is 4.26. The van der Waals surface area contributed by atoms with Gasteiger partial charge in [-0.05, 0) is 23.0 Å². The van der Waals surface area contributed by atoms with Crippen LogP contribution >= 0.6 is 0 Å². The molecule has 0 saturated carbocycles. The van der Waals surface area contributed by atoms with Gasteiger partial charge in [-0.3, -0.25) is 0 Å². The molecule has 0 radical (unpaired) electrons. The summed E-state index contributed by atoms with van der Waals surface area (Å²) in [7, 11) is -5.72. The van der Waals surface area contributed by atoms with Gasteiger partial charge < -0.3 is 17.3 Å². The molecule has 2 aromatic carbocycles. The number of hydrogen-bond acceptors (Lipinski definition) is 2. The zero-order valence-electron chi connectivity index (χ0n) is 14.3. The van der Waals surface area contributed by atoms with Crippen LogP contribution in [0.3, 0.4) is 0 Å². The highest BCUT2D eigenvalue weighted by Gasteiger charge is 2.29. The van der Waals surface area contributed by atoms with Crippen molar-refractivity contribution < 1.29 is 17.3 Å². The van der Waals surface area contributed by atoms with Gasteiger partial charge in [0.05, 0.1) is 17.3 Å². The van der Waals surface area contributed by atoms with E-state index in [1.165, 1.54) is 22.2 Å². The van der Waals surface area contributed by atoms with Gasteiger partial charge in [0, 0.05) is 10.8 Å². The number of halogens is 4. The number of aromatic nitrogens is 4. The monoisotopic (exact) mass is 394 g/mol. The van der Waals surface area contributed by atoms with Crippen molar-refractivity contribution in [2.45, 2.75) is 11.5 Å². The Balaban J connectivity index is 0.000000323. The van der Waals surface area contributed by atoms with Gasteiger partial charge >= 0.3 is 7.25 Å². The maximum atomic E-state index is 9.75. The molecular weight excluding hydrogens is 379 g/mol. The van der Waals surface area contributed by atoms with Gasteiger partial charge in [0.15, 0.2) is 11.5 Å². The molecule has 0 amide bonds. The molecule has 1 aliphatic heterocycles. The van der Waals surface area contributed by atoms with Crippen molar-refractivity contribution in [1.29, 1.82) is 0 Å². The highest BCUT2D eigenvalue weighted by Crippen LogP contribution is 2.29. The lowest BCUT2D eigenvalue weighted by Gasteiger charge is -2.03. The van der Waals surface area contributed by atoms with Gasteiger partial charge in [-0.15, -0.1) is 19.8 Å². The predicted molar refractivity (Wildman–Crippen MR) is 101 cm³/mol. The summed E-state index contributed by atoms with van der Waals surface area (Å²) in [5.41, 5.74) is 4.63. The van der Waals surface area contributed by atoms with Gasteiger partial charge in [-0.2, -0.15) is 0 Å². The molecular formula is C17H15BF4N4S. The fraction of sp³-hybridized carbons (Fsp3) is 0.176. The Kier molecular flexibility index (Phi) is 4.37. The normalized spacial score (nSPS) is 14.4. The largest absolute Gasteiger partial charge is 0.673 e. The minimum Gasteiger partial charge on any atom is -0.418 e. The molecule has 3 heterocycles. The van der Waals surface area contributed by atoms with E-state index in [4.69, 9.17) is 10.2 Å². The molecule has 4 nitrogen and oxygen atoms in total. The Morgan fingerprint density at radius 3 is 1.56 bits per heavy atom. The highest BCUT2D eigenvalue weighted by atomic mass is 32.2. The molecule has 0 N–H and O–H groups in total. The van der Waals surface area contributed by atoms with Gasteiger partial charge in [-0.25, -0.2) is 0 Å². The lowest BCUT2D eigenvalue weighted by molar-refractivity contribution is 0.368. The molecule has 10 heteroatoms. The molecule has 0 saturated heterocycles. The SMILES string of the molecule is C[S+]1Cc2c3ccccc3nn2-n2nc3ccccc3c2C1.F[B-](F)(F)F. The second-order valence-corrected chi connectivity index (χ2v) is 8.41. The molecule has 1 aliphatic rings. The smallest absolute Gasteiger partial charge is 0.418 e. The molecule has 2 aromatic heterocycles. The molecule has 0 unspecified atom stereocenters. The Morgan fingerprint density at radius 1 is 0.778 bits per heavy atom. The van der Waals surface area contributed by atoms with Crippen LogP contribution in [0, 0.1) is 0 Å². The van der Waals surface area contributed by atoms with Gasteiger partial charge in [0.2, 0.25) is 0 Å². The van der Waals surface area contributed by atoms with Crippen molar-refractivity contribution in [2.75, 3.05) is 6.26 Å². The number of benzene rings is 2.